The molecule has 1 heterocycles. The summed E-state index contributed by atoms with van der Waals surface area (Å²) in [5, 5.41) is 3.73. The van der Waals surface area contributed by atoms with E-state index in [2.05, 4.69) is 37.4 Å². The molecule has 2 unspecified atom stereocenters. The zero-order chi connectivity index (χ0) is 14.0. The van der Waals surface area contributed by atoms with Gasteiger partial charge >= 0.3 is 0 Å². The van der Waals surface area contributed by atoms with Gasteiger partial charge in [0.05, 0.1) is 11.6 Å². The maximum atomic E-state index is 6.11. The Balaban J connectivity index is 1.88. The normalized spacial score (nSPS) is 26.7. The fraction of sp³-hybridized carbons (Fsp3) is 0.667. The van der Waals surface area contributed by atoms with E-state index in [1.165, 1.54) is 31.2 Å². The van der Waals surface area contributed by atoms with Crippen molar-refractivity contribution in [3.63, 3.8) is 0 Å². The first-order chi connectivity index (χ1) is 9.73. The molecule has 20 heavy (non-hydrogen) atoms. The van der Waals surface area contributed by atoms with Crippen LogP contribution >= 0.6 is 0 Å². The van der Waals surface area contributed by atoms with Gasteiger partial charge in [-0.3, -0.25) is 0 Å². The average Bonchev–Trinajstić information content (AvgIpc) is 3.08. The first-order valence-electron chi connectivity index (χ1n) is 8.22. The number of ether oxygens (including phenoxy) is 1. The van der Waals surface area contributed by atoms with Gasteiger partial charge in [-0.05, 0) is 68.7 Å². The second kappa shape index (κ2) is 5.87. The minimum Gasteiger partial charge on any atom is -0.373 e. The lowest BCUT2D eigenvalue weighted by molar-refractivity contribution is -0.0124. The molecule has 0 spiro atoms. The first-order valence-corrected chi connectivity index (χ1v) is 8.22. The largest absolute Gasteiger partial charge is 0.373 e. The van der Waals surface area contributed by atoms with Crippen LogP contribution < -0.4 is 5.32 Å². The molecule has 1 saturated heterocycles. The van der Waals surface area contributed by atoms with E-state index in [-0.39, 0.29) is 5.60 Å². The predicted octanol–water partition coefficient (Wildman–Crippen LogP) is 3.79. The minimum absolute atomic E-state index is 0.0397. The molecule has 2 aliphatic rings. The van der Waals surface area contributed by atoms with Gasteiger partial charge in [-0.1, -0.05) is 25.1 Å². The maximum absolute atomic E-state index is 6.11. The third-order valence-corrected chi connectivity index (χ3v) is 4.91. The lowest BCUT2D eigenvalue weighted by Gasteiger charge is -2.35. The third kappa shape index (κ3) is 2.64. The van der Waals surface area contributed by atoms with E-state index in [0.717, 1.165) is 26.0 Å². The fourth-order valence-electron chi connectivity index (χ4n) is 3.77. The Morgan fingerprint density at radius 3 is 2.85 bits per heavy atom. The summed E-state index contributed by atoms with van der Waals surface area (Å²) in [5.74, 6) is 0. The van der Waals surface area contributed by atoms with Gasteiger partial charge in [-0.25, -0.2) is 0 Å². The summed E-state index contributed by atoms with van der Waals surface area (Å²) in [4.78, 5) is 0. The van der Waals surface area contributed by atoms with Crippen molar-refractivity contribution in [1.82, 2.24) is 5.32 Å². The standard InChI is InChI=1S/C18H27NO/c1-3-11-19-17(18(2)10-5-12-20-18)16-9-8-14-6-4-7-15(14)13-16/h8-9,13,17,19H,3-7,10-12H2,1-2H3. The van der Waals surface area contributed by atoms with Crippen molar-refractivity contribution in [2.45, 2.75) is 64.0 Å². The molecule has 2 nitrogen and oxygen atoms in total. The number of nitrogens with one attached hydrogen (secondary N) is 1. The summed E-state index contributed by atoms with van der Waals surface area (Å²) in [5.41, 5.74) is 4.50. The summed E-state index contributed by atoms with van der Waals surface area (Å²) in [7, 11) is 0. The Kier molecular flexibility index (Phi) is 4.13. The van der Waals surface area contributed by atoms with Crippen LogP contribution in [-0.4, -0.2) is 18.8 Å². The smallest absolute Gasteiger partial charge is 0.0849 e. The van der Waals surface area contributed by atoms with Crippen LogP contribution in [0.4, 0.5) is 0 Å². The highest BCUT2D eigenvalue weighted by Gasteiger charge is 2.39. The summed E-state index contributed by atoms with van der Waals surface area (Å²) in [6.07, 6.45) is 7.34. The highest BCUT2D eigenvalue weighted by Crippen LogP contribution is 2.38. The molecular weight excluding hydrogens is 246 g/mol. The molecule has 0 radical (unpaired) electrons. The number of hydrogen-bond donors (Lipinski definition) is 1. The van der Waals surface area contributed by atoms with E-state index < -0.39 is 0 Å². The molecule has 1 N–H and O–H groups in total. The molecule has 1 aromatic rings. The maximum Gasteiger partial charge on any atom is 0.0849 e. The molecule has 1 aliphatic carbocycles. The Hall–Kier alpha value is -0.860. The summed E-state index contributed by atoms with van der Waals surface area (Å²) in [6.45, 7) is 6.47. The summed E-state index contributed by atoms with van der Waals surface area (Å²) < 4.78 is 6.11. The monoisotopic (exact) mass is 273 g/mol. The van der Waals surface area contributed by atoms with Crippen LogP contribution in [0.5, 0.6) is 0 Å². The molecule has 1 aromatic carbocycles. The van der Waals surface area contributed by atoms with E-state index in [1.807, 2.05) is 0 Å². The topological polar surface area (TPSA) is 21.3 Å². The lowest BCUT2D eigenvalue weighted by Crippen LogP contribution is -2.41. The Morgan fingerprint density at radius 2 is 2.10 bits per heavy atom. The number of aryl methyl sites for hydroxylation is 2. The molecule has 2 heteroatoms. The van der Waals surface area contributed by atoms with E-state index in [0.29, 0.717) is 6.04 Å². The molecule has 1 aliphatic heterocycles. The highest BCUT2D eigenvalue weighted by atomic mass is 16.5. The van der Waals surface area contributed by atoms with Crippen molar-refractivity contribution in [2.75, 3.05) is 13.2 Å². The number of benzene rings is 1. The van der Waals surface area contributed by atoms with Crippen molar-refractivity contribution in [2.24, 2.45) is 0 Å². The fourth-order valence-corrected chi connectivity index (χ4v) is 3.77. The second-order valence-corrected chi connectivity index (χ2v) is 6.53. The van der Waals surface area contributed by atoms with Gasteiger partial charge < -0.3 is 10.1 Å². The first kappa shape index (κ1) is 14.1. The quantitative estimate of drug-likeness (QED) is 0.881. The van der Waals surface area contributed by atoms with Gasteiger partial charge in [0.15, 0.2) is 0 Å². The van der Waals surface area contributed by atoms with Gasteiger partial charge in [-0.15, -0.1) is 0 Å². The van der Waals surface area contributed by atoms with Crippen LogP contribution in [0, 0.1) is 0 Å². The number of fused-ring (bicyclic) bond motifs is 1. The van der Waals surface area contributed by atoms with E-state index in [9.17, 15) is 0 Å². The number of rotatable bonds is 5. The molecule has 0 amide bonds. The van der Waals surface area contributed by atoms with Crippen LogP contribution in [0.3, 0.4) is 0 Å². The molecule has 0 saturated carbocycles. The number of hydrogen-bond acceptors (Lipinski definition) is 2. The van der Waals surface area contributed by atoms with Crippen molar-refractivity contribution in [3.05, 3.63) is 34.9 Å². The Bertz CT molecular complexity index is 462. The third-order valence-electron chi connectivity index (χ3n) is 4.91. The molecule has 0 aromatic heterocycles. The minimum atomic E-state index is -0.0397. The van der Waals surface area contributed by atoms with Gasteiger partial charge in [0.1, 0.15) is 0 Å². The zero-order valence-electron chi connectivity index (χ0n) is 12.9. The van der Waals surface area contributed by atoms with E-state index >= 15 is 0 Å². The van der Waals surface area contributed by atoms with Crippen molar-refractivity contribution in [3.8, 4) is 0 Å². The molecule has 2 atom stereocenters. The SMILES string of the molecule is CCCNC(c1ccc2c(c1)CCC2)C1(C)CCCO1. The van der Waals surface area contributed by atoms with E-state index in [4.69, 9.17) is 4.74 Å². The predicted molar refractivity (Wildman–Crippen MR) is 83.1 cm³/mol. The summed E-state index contributed by atoms with van der Waals surface area (Å²) >= 11 is 0. The lowest BCUT2D eigenvalue weighted by atomic mass is 9.86. The van der Waals surface area contributed by atoms with Crippen LogP contribution in [0.25, 0.3) is 0 Å². The Morgan fingerprint density at radius 1 is 1.25 bits per heavy atom. The van der Waals surface area contributed by atoms with Crippen molar-refractivity contribution < 1.29 is 4.74 Å². The van der Waals surface area contributed by atoms with Gasteiger partial charge in [0.2, 0.25) is 0 Å². The van der Waals surface area contributed by atoms with Crippen LogP contribution in [0.15, 0.2) is 18.2 Å². The van der Waals surface area contributed by atoms with Gasteiger partial charge in [0, 0.05) is 6.61 Å². The van der Waals surface area contributed by atoms with Crippen LogP contribution in [0.1, 0.15) is 62.3 Å². The van der Waals surface area contributed by atoms with Crippen LogP contribution in [0.2, 0.25) is 0 Å². The van der Waals surface area contributed by atoms with Gasteiger partial charge in [-0.2, -0.15) is 0 Å². The molecule has 1 fully saturated rings. The highest BCUT2D eigenvalue weighted by molar-refractivity contribution is 5.37. The average molecular weight is 273 g/mol. The molecule has 110 valence electrons. The Labute approximate surface area is 122 Å². The van der Waals surface area contributed by atoms with E-state index in [1.54, 1.807) is 11.1 Å². The molecular formula is C18H27NO. The molecule has 0 bridgehead atoms. The zero-order valence-corrected chi connectivity index (χ0v) is 12.9. The van der Waals surface area contributed by atoms with Gasteiger partial charge in [0.25, 0.3) is 0 Å². The van der Waals surface area contributed by atoms with Crippen LogP contribution in [-0.2, 0) is 17.6 Å². The van der Waals surface area contributed by atoms with Crippen molar-refractivity contribution in [1.29, 1.82) is 0 Å². The second-order valence-electron chi connectivity index (χ2n) is 6.53. The molecule has 3 rings (SSSR count). The summed E-state index contributed by atoms with van der Waals surface area (Å²) in [6, 6.07) is 7.43. The van der Waals surface area contributed by atoms with Crippen molar-refractivity contribution >= 4 is 0 Å².